The maximum atomic E-state index is 11.9. The van der Waals surface area contributed by atoms with Gasteiger partial charge in [-0.2, -0.15) is 4.98 Å². The van der Waals surface area contributed by atoms with Crippen molar-refractivity contribution in [2.45, 2.75) is 13.5 Å². The zero-order valence-corrected chi connectivity index (χ0v) is 14.9. The van der Waals surface area contributed by atoms with Crippen LogP contribution in [0.25, 0.3) is 11.4 Å². The molecule has 0 fully saturated rings. The lowest BCUT2D eigenvalue weighted by molar-refractivity contribution is 0.0962. The molecule has 0 spiro atoms. The third kappa shape index (κ3) is 3.66. The smallest absolute Gasteiger partial charge is 0.251 e. The molecule has 2 N–H and O–H groups in total. The van der Waals surface area contributed by atoms with Crippen LogP contribution >= 0.6 is 0 Å². The largest absolute Gasteiger partial charge is 0.497 e. The molecule has 0 radical (unpaired) electrons. The molecule has 1 aromatic heterocycles. The number of hydrogen-bond acceptors (Lipinski definition) is 6. The average Bonchev–Trinajstić information content (AvgIpc) is 3.15. The number of carbonyl (C=O) groups is 1. The lowest BCUT2D eigenvalue weighted by Crippen LogP contribution is -2.19. The summed E-state index contributed by atoms with van der Waals surface area (Å²) in [4.78, 5) is 16.3. The highest BCUT2D eigenvalue weighted by Gasteiger charge is 2.12. The summed E-state index contributed by atoms with van der Waals surface area (Å²) >= 11 is 0. The molecule has 2 aromatic carbocycles. The van der Waals surface area contributed by atoms with Gasteiger partial charge in [0.2, 0.25) is 11.7 Å². The number of anilines is 1. The van der Waals surface area contributed by atoms with E-state index in [1.807, 2.05) is 43.3 Å². The predicted molar refractivity (Wildman–Crippen MR) is 98.2 cm³/mol. The van der Waals surface area contributed by atoms with E-state index in [0.717, 1.165) is 22.6 Å². The molecule has 0 saturated heterocycles. The van der Waals surface area contributed by atoms with Crippen LogP contribution in [-0.2, 0) is 6.54 Å². The summed E-state index contributed by atoms with van der Waals surface area (Å²) in [6.45, 7) is 2.25. The average molecular weight is 352 g/mol. The molecule has 0 unspecified atom stereocenters. The Hall–Kier alpha value is -3.35. The second kappa shape index (κ2) is 7.69. The summed E-state index contributed by atoms with van der Waals surface area (Å²) < 4.78 is 10.4. The Morgan fingerprint density at radius 1 is 1.19 bits per heavy atom. The number of hydrogen-bond donors (Lipinski definition) is 2. The molecular formula is C19H20N4O3. The van der Waals surface area contributed by atoms with Crippen LogP contribution in [0.15, 0.2) is 47.0 Å². The van der Waals surface area contributed by atoms with Gasteiger partial charge < -0.3 is 19.9 Å². The van der Waals surface area contributed by atoms with E-state index >= 15 is 0 Å². The molecule has 1 amide bonds. The molecule has 0 aliphatic rings. The van der Waals surface area contributed by atoms with Gasteiger partial charge in [-0.15, -0.1) is 0 Å². The molecule has 7 heteroatoms. The van der Waals surface area contributed by atoms with Crippen molar-refractivity contribution in [2.24, 2.45) is 0 Å². The van der Waals surface area contributed by atoms with Gasteiger partial charge in [-0.3, -0.25) is 4.79 Å². The lowest BCUT2D eigenvalue weighted by Gasteiger charge is -2.11. The van der Waals surface area contributed by atoms with Crippen LogP contribution in [0.4, 0.5) is 5.69 Å². The van der Waals surface area contributed by atoms with Crippen molar-refractivity contribution in [1.29, 1.82) is 0 Å². The summed E-state index contributed by atoms with van der Waals surface area (Å²) in [5, 5.41) is 9.88. The van der Waals surface area contributed by atoms with E-state index in [4.69, 9.17) is 9.26 Å². The molecule has 0 saturated carbocycles. The van der Waals surface area contributed by atoms with Gasteiger partial charge in [0.25, 0.3) is 5.91 Å². The number of methoxy groups -OCH3 is 1. The van der Waals surface area contributed by atoms with Crippen LogP contribution < -0.4 is 15.4 Å². The molecule has 0 bridgehead atoms. The van der Waals surface area contributed by atoms with Crippen molar-refractivity contribution in [2.75, 3.05) is 19.5 Å². The number of nitrogens with one attached hydrogen (secondary N) is 2. The first kappa shape index (κ1) is 17.5. The zero-order valence-electron chi connectivity index (χ0n) is 14.9. The van der Waals surface area contributed by atoms with E-state index in [0.29, 0.717) is 23.8 Å². The minimum absolute atomic E-state index is 0.120. The Morgan fingerprint density at radius 2 is 1.96 bits per heavy atom. The second-order valence-electron chi connectivity index (χ2n) is 5.65. The molecule has 0 aliphatic heterocycles. The van der Waals surface area contributed by atoms with Gasteiger partial charge in [-0.25, -0.2) is 0 Å². The van der Waals surface area contributed by atoms with Gasteiger partial charge in [-0.1, -0.05) is 11.2 Å². The van der Waals surface area contributed by atoms with Gasteiger partial charge in [0.05, 0.1) is 13.7 Å². The number of carbonyl (C=O) groups excluding carboxylic acids is 1. The molecular weight excluding hydrogens is 332 g/mol. The highest BCUT2D eigenvalue weighted by atomic mass is 16.5. The normalized spacial score (nSPS) is 10.4. The Balaban J connectivity index is 1.71. The number of rotatable bonds is 6. The monoisotopic (exact) mass is 352 g/mol. The Labute approximate surface area is 151 Å². The first-order chi connectivity index (χ1) is 12.6. The SMILES string of the molecule is CNC(=O)c1cccc(NCc2nc(-c3ccc(OC)cc3)no2)c1C. The van der Waals surface area contributed by atoms with Crippen molar-refractivity contribution in [3.8, 4) is 17.1 Å². The predicted octanol–water partition coefficient (Wildman–Crippen LogP) is 3.03. The first-order valence-electron chi connectivity index (χ1n) is 8.15. The third-order valence-electron chi connectivity index (χ3n) is 4.05. The summed E-state index contributed by atoms with van der Waals surface area (Å²) in [5.74, 6) is 1.62. The minimum Gasteiger partial charge on any atom is -0.497 e. The molecule has 134 valence electrons. The van der Waals surface area contributed by atoms with Crippen LogP contribution in [-0.4, -0.2) is 30.2 Å². The Morgan fingerprint density at radius 3 is 2.65 bits per heavy atom. The van der Waals surface area contributed by atoms with Gasteiger partial charge >= 0.3 is 0 Å². The molecule has 3 rings (SSSR count). The van der Waals surface area contributed by atoms with Crippen molar-refractivity contribution >= 4 is 11.6 Å². The number of benzene rings is 2. The topological polar surface area (TPSA) is 89.3 Å². The maximum absolute atomic E-state index is 11.9. The fourth-order valence-electron chi connectivity index (χ4n) is 2.56. The number of nitrogens with zero attached hydrogens (tertiary/aromatic N) is 2. The van der Waals surface area contributed by atoms with E-state index in [1.54, 1.807) is 20.2 Å². The van der Waals surface area contributed by atoms with Crippen molar-refractivity contribution in [1.82, 2.24) is 15.5 Å². The standard InChI is InChI=1S/C19H20N4O3/c1-12-15(19(24)20-2)5-4-6-16(12)21-11-17-22-18(23-26-17)13-7-9-14(25-3)10-8-13/h4-10,21H,11H2,1-3H3,(H,20,24). The van der Waals surface area contributed by atoms with Gasteiger partial charge in [0, 0.05) is 23.9 Å². The lowest BCUT2D eigenvalue weighted by atomic mass is 10.1. The fraction of sp³-hybridized carbons (Fsp3) is 0.211. The first-order valence-corrected chi connectivity index (χ1v) is 8.15. The summed E-state index contributed by atoms with van der Waals surface area (Å²) in [6.07, 6.45) is 0. The number of aromatic nitrogens is 2. The van der Waals surface area contributed by atoms with Crippen LogP contribution in [0.2, 0.25) is 0 Å². The molecule has 0 aliphatic carbocycles. The van der Waals surface area contributed by atoms with E-state index in [-0.39, 0.29) is 5.91 Å². The second-order valence-corrected chi connectivity index (χ2v) is 5.65. The molecule has 0 atom stereocenters. The van der Waals surface area contributed by atoms with Crippen LogP contribution in [0.1, 0.15) is 21.8 Å². The number of ether oxygens (including phenoxy) is 1. The molecule has 1 heterocycles. The van der Waals surface area contributed by atoms with E-state index in [9.17, 15) is 4.79 Å². The minimum atomic E-state index is -0.120. The Kier molecular flexibility index (Phi) is 5.17. The van der Waals surface area contributed by atoms with E-state index in [2.05, 4.69) is 20.8 Å². The maximum Gasteiger partial charge on any atom is 0.251 e. The number of amides is 1. The van der Waals surface area contributed by atoms with E-state index in [1.165, 1.54) is 0 Å². The van der Waals surface area contributed by atoms with Gasteiger partial charge in [0.15, 0.2) is 0 Å². The van der Waals surface area contributed by atoms with E-state index < -0.39 is 0 Å². The van der Waals surface area contributed by atoms with Crippen LogP contribution in [0, 0.1) is 6.92 Å². The molecule has 7 nitrogen and oxygen atoms in total. The van der Waals surface area contributed by atoms with Crippen LogP contribution in [0.5, 0.6) is 5.75 Å². The zero-order chi connectivity index (χ0) is 18.5. The third-order valence-corrected chi connectivity index (χ3v) is 4.05. The quantitative estimate of drug-likeness (QED) is 0.709. The molecule has 26 heavy (non-hydrogen) atoms. The van der Waals surface area contributed by atoms with Crippen molar-refractivity contribution in [3.05, 3.63) is 59.5 Å². The Bertz CT molecular complexity index is 903. The highest BCUT2D eigenvalue weighted by Crippen LogP contribution is 2.22. The van der Waals surface area contributed by atoms with Crippen LogP contribution in [0.3, 0.4) is 0 Å². The van der Waals surface area contributed by atoms with Crippen molar-refractivity contribution < 1.29 is 14.1 Å². The summed E-state index contributed by atoms with van der Waals surface area (Å²) in [6, 6.07) is 13.0. The summed E-state index contributed by atoms with van der Waals surface area (Å²) in [7, 11) is 3.23. The fourth-order valence-corrected chi connectivity index (χ4v) is 2.56. The van der Waals surface area contributed by atoms with Crippen molar-refractivity contribution in [3.63, 3.8) is 0 Å². The van der Waals surface area contributed by atoms with Gasteiger partial charge in [0.1, 0.15) is 5.75 Å². The van der Waals surface area contributed by atoms with Gasteiger partial charge in [-0.05, 0) is 48.9 Å². The molecule has 3 aromatic rings. The summed E-state index contributed by atoms with van der Waals surface area (Å²) in [5.41, 5.74) is 3.18. The highest BCUT2D eigenvalue weighted by molar-refractivity contribution is 5.96.